The van der Waals surface area contributed by atoms with Gasteiger partial charge in [0, 0.05) is 12.1 Å². The van der Waals surface area contributed by atoms with E-state index in [1.165, 1.54) is 0 Å². The molecule has 0 aliphatic carbocycles. The summed E-state index contributed by atoms with van der Waals surface area (Å²) >= 11 is 0. The number of rotatable bonds is 5. The number of fused-ring (bicyclic) bond motifs is 2. The summed E-state index contributed by atoms with van der Waals surface area (Å²) in [6.45, 7) is 6.61. The van der Waals surface area contributed by atoms with Crippen LogP contribution in [0.5, 0.6) is 5.75 Å². The molecular formula is C25H26N4O3. The molecule has 1 atom stereocenters. The number of nitrogens with zero attached hydrogens (tertiary/aromatic N) is 2. The van der Waals surface area contributed by atoms with E-state index >= 15 is 0 Å². The lowest BCUT2D eigenvalue weighted by atomic mass is 9.97. The Bertz CT molecular complexity index is 1330. The largest absolute Gasteiger partial charge is 0.497 e. The van der Waals surface area contributed by atoms with Crippen LogP contribution in [0.25, 0.3) is 21.8 Å². The van der Waals surface area contributed by atoms with Gasteiger partial charge >= 0.3 is 0 Å². The van der Waals surface area contributed by atoms with Crippen molar-refractivity contribution < 1.29 is 14.3 Å². The van der Waals surface area contributed by atoms with E-state index in [1.807, 2.05) is 49.4 Å². The molecule has 1 aromatic heterocycles. The number of hydrazine groups is 1. The number of hydrogen-bond donors (Lipinski definition) is 2. The van der Waals surface area contributed by atoms with Crippen LogP contribution in [-0.4, -0.2) is 28.5 Å². The number of imidazole rings is 1. The molecule has 0 radical (unpaired) electrons. The third-order valence-corrected chi connectivity index (χ3v) is 5.78. The fraction of sp³-hybridized carbons (Fsp3) is 0.240. The lowest BCUT2D eigenvalue weighted by molar-refractivity contribution is -0.123. The van der Waals surface area contributed by atoms with Gasteiger partial charge in [0.25, 0.3) is 5.91 Å². The van der Waals surface area contributed by atoms with Crippen molar-refractivity contribution in [3.05, 3.63) is 71.5 Å². The summed E-state index contributed by atoms with van der Waals surface area (Å²) in [5, 5.41) is 2.05. The molecule has 32 heavy (non-hydrogen) atoms. The minimum atomic E-state index is -0.438. The van der Waals surface area contributed by atoms with Crippen LogP contribution >= 0.6 is 0 Å². The van der Waals surface area contributed by atoms with Crippen molar-refractivity contribution in [3.8, 4) is 5.75 Å². The monoisotopic (exact) mass is 430 g/mol. The van der Waals surface area contributed by atoms with E-state index in [2.05, 4.69) is 27.3 Å². The van der Waals surface area contributed by atoms with Gasteiger partial charge in [-0.3, -0.25) is 20.4 Å². The summed E-state index contributed by atoms with van der Waals surface area (Å²) in [6, 6.07) is 17.0. The third-order valence-electron chi connectivity index (χ3n) is 5.78. The van der Waals surface area contributed by atoms with Gasteiger partial charge in [0.05, 0.1) is 24.1 Å². The molecule has 2 N–H and O–H groups in total. The molecule has 164 valence electrons. The smallest absolute Gasteiger partial charge is 0.269 e. The minimum Gasteiger partial charge on any atom is -0.497 e. The Kier molecular flexibility index (Phi) is 5.81. The van der Waals surface area contributed by atoms with Gasteiger partial charge in [-0.2, -0.15) is 0 Å². The van der Waals surface area contributed by atoms with E-state index in [0.717, 1.165) is 45.5 Å². The quantitative estimate of drug-likeness (QED) is 0.467. The first kappa shape index (κ1) is 21.4. The highest BCUT2D eigenvalue weighted by molar-refractivity contribution is 5.98. The molecule has 2 amide bonds. The number of aromatic nitrogens is 2. The van der Waals surface area contributed by atoms with Crippen molar-refractivity contribution in [2.75, 3.05) is 7.11 Å². The van der Waals surface area contributed by atoms with Crippen LogP contribution in [0.3, 0.4) is 0 Å². The molecule has 0 spiro atoms. The molecule has 4 aromatic rings. The maximum absolute atomic E-state index is 12.7. The van der Waals surface area contributed by atoms with Gasteiger partial charge in [0.2, 0.25) is 5.91 Å². The Morgan fingerprint density at radius 3 is 2.53 bits per heavy atom. The molecule has 3 aromatic carbocycles. The second-order valence-electron chi connectivity index (χ2n) is 7.74. The second-order valence-corrected chi connectivity index (χ2v) is 7.74. The third kappa shape index (κ3) is 4.01. The minimum absolute atomic E-state index is 0.293. The molecule has 7 nitrogen and oxygen atoms in total. The topological polar surface area (TPSA) is 85.3 Å². The van der Waals surface area contributed by atoms with Crippen LogP contribution in [0.15, 0.2) is 54.6 Å². The van der Waals surface area contributed by atoms with Crippen LogP contribution in [0, 0.1) is 6.92 Å². The molecule has 0 aliphatic heterocycles. The Morgan fingerprint density at radius 1 is 1.03 bits per heavy atom. The number of ether oxygens (including phenoxy) is 1. The Balaban J connectivity index is 1.44. The molecule has 7 heteroatoms. The zero-order valence-electron chi connectivity index (χ0n) is 18.6. The van der Waals surface area contributed by atoms with E-state index in [-0.39, 0.29) is 11.8 Å². The molecule has 1 heterocycles. The normalized spacial score (nSPS) is 12.0. The number of carbonyl (C=O) groups is 2. The summed E-state index contributed by atoms with van der Waals surface area (Å²) < 4.78 is 7.34. The summed E-state index contributed by atoms with van der Waals surface area (Å²) in [6.07, 6.45) is 0. The zero-order valence-corrected chi connectivity index (χ0v) is 18.6. The van der Waals surface area contributed by atoms with Crippen molar-refractivity contribution in [1.29, 1.82) is 0 Å². The SMILES string of the molecule is CCn1c(C)nc2cc(C(=O)NNC(=O)[C@@H](C)c3ccc4cc(OC)ccc4c3)ccc21. The van der Waals surface area contributed by atoms with Gasteiger partial charge < -0.3 is 9.30 Å². The number of amides is 2. The first-order valence-corrected chi connectivity index (χ1v) is 10.6. The van der Waals surface area contributed by atoms with Crippen molar-refractivity contribution in [1.82, 2.24) is 20.4 Å². The average molecular weight is 431 g/mol. The van der Waals surface area contributed by atoms with Crippen molar-refractivity contribution in [2.24, 2.45) is 0 Å². The van der Waals surface area contributed by atoms with Gasteiger partial charge in [0.15, 0.2) is 0 Å². The molecule has 0 bridgehead atoms. The molecule has 0 aliphatic rings. The standard InChI is InChI=1S/C25H26N4O3/c1-5-29-16(3)26-22-14-20(9-11-23(22)29)25(31)28-27-24(30)15(2)17-6-7-19-13-21(32-4)10-8-18(19)12-17/h6-15H,5H2,1-4H3,(H,27,30)(H,28,31)/t15-/m0/s1. The highest BCUT2D eigenvalue weighted by atomic mass is 16.5. The molecule has 0 saturated heterocycles. The van der Waals surface area contributed by atoms with E-state index in [4.69, 9.17) is 4.74 Å². The predicted molar refractivity (Wildman–Crippen MR) is 125 cm³/mol. The van der Waals surface area contributed by atoms with E-state index in [0.29, 0.717) is 5.56 Å². The van der Waals surface area contributed by atoms with Gasteiger partial charge in [-0.15, -0.1) is 0 Å². The molecular weight excluding hydrogens is 404 g/mol. The van der Waals surface area contributed by atoms with Gasteiger partial charge in [-0.25, -0.2) is 4.98 Å². The van der Waals surface area contributed by atoms with Gasteiger partial charge in [-0.05, 0) is 67.4 Å². The highest BCUT2D eigenvalue weighted by Crippen LogP contribution is 2.25. The van der Waals surface area contributed by atoms with Gasteiger partial charge in [-0.1, -0.05) is 24.3 Å². The van der Waals surface area contributed by atoms with Crippen LogP contribution < -0.4 is 15.6 Å². The average Bonchev–Trinajstić information content (AvgIpc) is 3.14. The highest BCUT2D eigenvalue weighted by Gasteiger charge is 2.17. The lowest BCUT2D eigenvalue weighted by Gasteiger charge is -2.14. The number of carbonyl (C=O) groups excluding carboxylic acids is 2. The maximum Gasteiger partial charge on any atom is 0.269 e. The summed E-state index contributed by atoms with van der Waals surface area (Å²) in [4.78, 5) is 29.7. The summed E-state index contributed by atoms with van der Waals surface area (Å²) in [5.74, 6) is 0.567. The number of hydrogen-bond acceptors (Lipinski definition) is 4. The first-order valence-electron chi connectivity index (χ1n) is 10.6. The van der Waals surface area contributed by atoms with Crippen LogP contribution in [0.2, 0.25) is 0 Å². The van der Waals surface area contributed by atoms with Crippen molar-refractivity contribution in [2.45, 2.75) is 33.2 Å². The van der Waals surface area contributed by atoms with E-state index < -0.39 is 5.92 Å². The lowest BCUT2D eigenvalue weighted by Crippen LogP contribution is -2.43. The van der Waals surface area contributed by atoms with Crippen LogP contribution in [-0.2, 0) is 11.3 Å². The Labute approximate surface area is 186 Å². The van der Waals surface area contributed by atoms with E-state index in [1.54, 1.807) is 26.2 Å². The number of nitrogens with one attached hydrogen (secondary N) is 2. The van der Waals surface area contributed by atoms with Crippen molar-refractivity contribution in [3.63, 3.8) is 0 Å². The molecule has 4 rings (SSSR count). The number of methoxy groups -OCH3 is 1. The van der Waals surface area contributed by atoms with E-state index in [9.17, 15) is 9.59 Å². The Hall–Kier alpha value is -3.87. The fourth-order valence-electron chi connectivity index (χ4n) is 3.88. The predicted octanol–water partition coefficient (Wildman–Crippen LogP) is 4.09. The summed E-state index contributed by atoms with van der Waals surface area (Å²) in [5.41, 5.74) is 8.08. The second kappa shape index (κ2) is 8.70. The van der Waals surface area contributed by atoms with Crippen LogP contribution in [0.4, 0.5) is 0 Å². The molecule has 0 fully saturated rings. The van der Waals surface area contributed by atoms with Crippen LogP contribution in [0.1, 0.15) is 41.5 Å². The number of benzene rings is 3. The first-order chi connectivity index (χ1) is 15.4. The Morgan fingerprint density at radius 2 is 1.78 bits per heavy atom. The molecule has 0 saturated carbocycles. The fourth-order valence-corrected chi connectivity index (χ4v) is 3.88. The van der Waals surface area contributed by atoms with Crippen molar-refractivity contribution >= 4 is 33.6 Å². The maximum atomic E-state index is 12.7. The molecule has 0 unspecified atom stereocenters. The number of aryl methyl sites for hydroxylation is 2. The zero-order chi connectivity index (χ0) is 22.8. The summed E-state index contributed by atoms with van der Waals surface area (Å²) in [7, 11) is 1.63. The van der Waals surface area contributed by atoms with Gasteiger partial charge in [0.1, 0.15) is 11.6 Å².